The number of carbonyl (C=O) groups excluding carboxylic acids is 3. The minimum absolute atomic E-state index is 0.208. The summed E-state index contributed by atoms with van der Waals surface area (Å²) >= 11 is 12.4. The Labute approximate surface area is 221 Å². The van der Waals surface area contributed by atoms with Crippen molar-refractivity contribution < 1.29 is 23.9 Å². The average molecular weight is 535 g/mol. The van der Waals surface area contributed by atoms with Gasteiger partial charge in [0.1, 0.15) is 18.4 Å². The van der Waals surface area contributed by atoms with E-state index in [0.29, 0.717) is 34.2 Å². The molecule has 0 aliphatic heterocycles. The summed E-state index contributed by atoms with van der Waals surface area (Å²) in [6.07, 6.45) is 1.25. The van der Waals surface area contributed by atoms with Crippen molar-refractivity contribution in [1.29, 1.82) is 0 Å². The van der Waals surface area contributed by atoms with E-state index in [4.69, 9.17) is 38.4 Å². The van der Waals surface area contributed by atoms with Crippen LogP contribution in [-0.4, -0.2) is 30.9 Å². The van der Waals surface area contributed by atoms with Crippen LogP contribution in [0.25, 0.3) is 0 Å². The van der Waals surface area contributed by atoms with Crippen LogP contribution in [0.4, 0.5) is 0 Å². The van der Waals surface area contributed by atoms with E-state index in [-0.39, 0.29) is 18.9 Å². The minimum Gasteiger partial charge on any atom is -0.489 e. The largest absolute Gasteiger partial charge is 0.489 e. The normalized spacial score (nSPS) is 21.4. The first-order valence-corrected chi connectivity index (χ1v) is 12.5. The van der Waals surface area contributed by atoms with Gasteiger partial charge in [-0.25, -0.2) is 4.79 Å². The summed E-state index contributed by atoms with van der Waals surface area (Å²) in [6.45, 7) is 5.75. The molecule has 1 aliphatic carbocycles. The van der Waals surface area contributed by atoms with E-state index in [0.717, 1.165) is 5.56 Å². The molecule has 2 aromatic carbocycles. The van der Waals surface area contributed by atoms with Crippen LogP contribution < -0.4 is 15.8 Å². The monoisotopic (exact) mass is 534 g/mol. The third kappa shape index (κ3) is 5.62. The molecule has 3 unspecified atom stereocenters. The zero-order chi connectivity index (χ0) is 26.7. The summed E-state index contributed by atoms with van der Waals surface area (Å²) in [7, 11) is 1.28. The number of ether oxygens (including phenoxy) is 2. The van der Waals surface area contributed by atoms with Gasteiger partial charge in [0, 0.05) is 27.9 Å². The van der Waals surface area contributed by atoms with Gasteiger partial charge in [-0.15, -0.1) is 0 Å². The van der Waals surface area contributed by atoms with Crippen molar-refractivity contribution in [2.24, 2.45) is 22.5 Å². The predicted octanol–water partition coefficient (Wildman–Crippen LogP) is 4.70. The fraction of sp³-hybridized carbons (Fsp3) is 0.444. The Morgan fingerprint density at radius 3 is 2.22 bits per heavy atom. The second-order valence-electron chi connectivity index (χ2n) is 9.93. The molecular weight excluding hydrogens is 503 g/mol. The van der Waals surface area contributed by atoms with Crippen LogP contribution in [0.2, 0.25) is 10.0 Å². The van der Waals surface area contributed by atoms with E-state index in [2.05, 4.69) is 5.32 Å². The summed E-state index contributed by atoms with van der Waals surface area (Å²) < 4.78 is 10.7. The fourth-order valence-corrected chi connectivity index (χ4v) is 5.30. The van der Waals surface area contributed by atoms with E-state index in [9.17, 15) is 14.4 Å². The molecule has 1 aliphatic rings. The summed E-state index contributed by atoms with van der Waals surface area (Å²) in [5.41, 5.74) is 5.69. The molecule has 1 fully saturated rings. The van der Waals surface area contributed by atoms with Gasteiger partial charge in [-0.2, -0.15) is 0 Å². The minimum atomic E-state index is -0.882. The number of carbonyl (C=O) groups is 3. The standard InChI is InChI=1S/C27H32Cl2N2O5/c1-26(2)19(12-13-27(26,3)25(30)34)23(32)31-22(24(33)35-4)14-16-8-10-17(11-9-16)36-15-18-20(28)6-5-7-21(18)29/h5-11,19,22H,12-15H2,1-4H3,(H2,30,34)(H,31,32). The molecule has 2 aromatic rings. The zero-order valence-electron chi connectivity index (χ0n) is 20.9. The highest BCUT2D eigenvalue weighted by atomic mass is 35.5. The van der Waals surface area contributed by atoms with Gasteiger partial charge in [-0.1, -0.05) is 62.2 Å². The summed E-state index contributed by atoms with van der Waals surface area (Å²) in [5.74, 6) is -1.13. The number of nitrogens with one attached hydrogen (secondary N) is 1. The summed E-state index contributed by atoms with van der Waals surface area (Å²) in [5, 5.41) is 3.89. The fourth-order valence-electron chi connectivity index (χ4n) is 4.79. The summed E-state index contributed by atoms with van der Waals surface area (Å²) in [4.78, 5) is 37.8. The molecule has 36 heavy (non-hydrogen) atoms. The molecule has 2 amide bonds. The lowest BCUT2D eigenvalue weighted by Crippen LogP contribution is -2.51. The van der Waals surface area contributed by atoms with Gasteiger partial charge in [0.2, 0.25) is 11.8 Å². The average Bonchev–Trinajstić information content (AvgIpc) is 3.08. The molecule has 0 bridgehead atoms. The molecule has 194 valence electrons. The SMILES string of the molecule is COC(=O)C(Cc1ccc(OCc2c(Cl)cccc2Cl)cc1)NC(=O)C1CCC(C)(C(N)=O)C1(C)C. The van der Waals surface area contributed by atoms with E-state index in [1.54, 1.807) is 37.3 Å². The molecule has 3 rings (SSSR count). The lowest BCUT2D eigenvalue weighted by atomic mass is 9.65. The molecule has 3 N–H and O–H groups in total. The molecule has 0 aromatic heterocycles. The number of hydrogen-bond acceptors (Lipinski definition) is 5. The number of nitrogens with two attached hydrogens (primary N) is 1. The maximum Gasteiger partial charge on any atom is 0.328 e. The maximum atomic E-state index is 13.2. The van der Waals surface area contributed by atoms with Crippen molar-refractivity contribution in [3.63, 3.8) is 0 Å². The first-order valence-electron chi connectivity index (χ1n) is 11.7. The smallest absolute Gasteiger partial charge is 0.328 e. The number of primary amides is 1. The van der Waals surface area contributed by atoms with Gasteiger partial charge in [-0.3, -0.25) is 9.59 Å². The first kappa shape index (κ1) is 27.8. The van der Waals surface area contributed by atoms with Gasteiger partial charge in [0.25, 0.3) is 0 Å². The Kier molecular flexibility index (Phi) is 8.57. The highest BCUT2D eigenvalue weighted by Gasteiger charge is 2.57. The Morgan fingerprint density at radius 1 is 1.08 bits per heavy atom. The lowest BCUT2D eigenvalue weighted by molar-refractivity contribution is -0.147. The Bertz CT molecular complexity index is 1120. The van der Waals surface area contributed by atoms with Crippen molar-refractivity contribution in [2.75, 3.05) is 7.11 Å². The molecule has 3 atom stereocenters. The van der Waals surface area contributed by atoms with Gasteiger partial charge in [0.05, 0.1) is 12.5 Å². The number of esters is 1. The summed E-state index contributed by atoms with van der Waals surface area (Å²) in [6, 6.07) is 11.6. The molecule has 7 nitrogen and oxygen atoms in total. The predicted molar refractivity (Wildman–Crippen MR) is 139 cm³/mol. The van der Waals surface area contributed by atoms with Crippen LogP contribution in [0, 0.1) is 16.7 Å². The van der Waals surface area contributed by atoms with Crippen LogP contribution in [0.3, 0.4) is 0 Å². The van der Waals surface area contributed by atoms with Crippen molar-refractivity contribution in [1.82, 2.24) is 5.32 Å². The van der Waals surface area contributed by atoms with Crippen LogP contribution in [-0.2, 0) is 32.1 Å². The number of halogens is 2. The molecule has 0 saturated heterocycles. The number of methoxy groups -OCH3 is 1. The molecule has 9 heteroatoms. The van der Waals surface area contributed by atoms with E-state index >= 15 is 0 Å². The van der Waals surface area contributed by atoms with E-state index in [1.807, 2.05) is 26.0 Å². The van der Waals surface area contributed by atoms with Gasteiger partial charge in [0.15, 0.2) is 0 Å². The second-order valence-corrected chi connectivity index (χ2v) is 10.7. The Balaban J connectivity index is 1.67. The third-order valence-electron chi connectivity index (χ3n) is 7.70. The molecular formula is C27H32Cl2N2O5. The molecule has 0 heterocycles. The van der Waals surface area contributed by atoms with E-state index in [1.165, 1.54) is 7.11 Å². The lowest BCUT2D eigenvalue weighted by Gasteiger charge is -2.39. The third-order valence-corrected chi connectivity index (χ3v) is 8.41. The highest BCUT2D eigenvalue weighted by molar-refractivity contribution is 6.35. The van der Waals surface area contributed by atoms with Crippen LogP contribution in [0.15, 0.2) is 42.5 Å². The van der Waals surface area contributed by atoms with Crippen molar-refractivity contribution >= 4 is 41.0 Å². The topological polar surface area (TPSA) is 108 Å². The quantitative estimate of drug-likeness (QED) is 0.453. The van der Waals surface area contributed by atoms with Crippen LogP contribution >= 0.6 is 23.2 Å². The van der Waals surface area contributed by atoms with Gasteiger partial charge >= 0.3 is 5.97 Å². The van der Waals surface area contributed by atoms with Crippen LogP contribution in [0.1, 0.15) is 44.7 Å². The van der Waals surface area contributed by atoms with E-state index < -0.39 is 34.7 Å². The van der Waals surface area contributed by atoms with Crippen LogP contribution in [0.5, 0.6) is 5.75 Å². The highest BCUT2D eigenvalue weighted by Crippen LogP contribution is 2.55. The van der Waals surface area contributed by atoms with Gasteiger partial charge in [-0.05, 0) is 48.1 Å². The Hall–Kier alpha value is -2.77. The second kappa shape index (κ2) is 11.1. The zero-order valence-corrected chi connectivity index (χ0v) is 22.4. The first-order chi connectivity index (χ1) is 16.9. The number of rotatable bonds is 9. The van der Waals surface area contributed by atoms with Crippen molar-refractivity contribution in [3.8, 4) is 5.75 Å². The van der Waals surface area contributed by atoms with Crippen molar-refractivity contribution in [3.05, 3.63) is 63.6 Å². The molecule has 0 radical (unpaired) electrons. The number of hydrogen-bond donors (Lipinski definition) is 2. The molecule has 1 saturated carbocycles. The van der Waals surface area contributed by atoms with Crippen molar-refractivity contribution in [2.45, 2.75) is 52.7 Å². The van der Waals surface area contributed by atoms with Gasteiger partial charge < -0.3 is 20.5 Å². The molecule has 0 spiro atoms. The number of amides is 2. The number of benzene rings is 2. The Morgan fingerprint density at radius 2 is 1.69 bits per heavy atom. The maximum absolute atomic E-state index is 13.2.